The molecule has 1 heterocycles. The van der Waals surface area contributed by atoms with E-state index in [0.717, 1.165) is 0 Å². The Bertz CT molecular complexity index is 219. The zero-order chi connectivity index (χ0) is 9.90. The number of Topliss-reactive ketones (excluding diaryl/α,β-unsaturated/α-hetero) is 1. The lowest BCUT2D eigenvalue weighted by Gasteiger charge is -2.23. The first-order chi connectivity index (χ1) is 6.06. The maximum Gasteiger partial charge on any atom is 0.286 e. The van der Waals surface area contributed by atoms with Crippen molar-refractivity contribution in [2.75, 3.05) is 13.2 Å². The van der Waals surface area contributed by atoms with Gasteiger partial charge in [0.05, 0.1) is 5.54 Å². The Hall–Kier alpha value is -0.940. The fourth-order valence-electron chi connectivity index (χ4n) is 1.44. The van der Waals surface area contributed by atoms with Crippen molar-refractivity contribution in [2.24, 2.45) is 11.5 Å². The van der Waals surface area contributed by atoms with Crippen LogP contribution >= 0.6 is 0 Å². The normalized spacial score (nSPS) is 29.3. The van der Waals surface area contributed by atoms with Crippen molar-refractivity contribution in [1.29, 1.82) is 0 Å². The molecule has 0 aromatic heterocycles. The lowest BCUT2D eigenvalue weighted by Crippen LogP contribution is -2.53. The van der Waals surface area contributed by atoms with Crippen molar-refractivity contribution in [3.63, 3.8) is 0 Å². The fourth-order valence-corrected chi connectivity index (χ4v) is 1.44. The summed E-state index contributed by atoms with van der Waals surface area (Å²) in [5, 5.41) is 0. The Labute approximate surface area is 76.4 Å². The van der Waals surface area contributed by atoms with Crippen molar-refractivity contribution in [1.82, 2.24) is 0 Å². The van der Waals surface area contributed by atoms with Crippen LogP contribution in [0, 0.1) is 0 Å². The molecule has 1 unspecified atom stereocenters. The van der Waals surface area contributed by atoms with Crippen molar-refractivity contribution in [3.05, 3.63) is 0 Å². The van der Waals surface area contributed by atoms with Gasteiger partial charge < -0.3 is 16.2 Å². The third-order valence-electron chi connectivity index (χ3n) is 2.28. The molecule has 0 aliphatic carbocycles. The van der Waals surface area contributed by atoms with Gasteiger partial charge in [-0.3, -0.25) is 9.59 Å². The Morgan fingerprint density at radius 3 is 2.54 bits per heavy atom. The highest BCUT2D eigenvalue weighted by atomic mass is 16.5. The van der Waals surface area contributed by atoms with E-state index in [4.69, 9.17) is 16.2 Å². The number of ether oxygens (including phenoxy) is 1. The zero-order valence-electron chi connectivity index (χ0n) is 7.41. The van der Waals surface area contributed by atoms with Crippen LogP contribution in [0.2, 0.25) is 0 Å². The maximum atomic E-state index is 11.3. The van der Waals surface area contributed by atoms with Crippen LogP contribution in [0.15, 0.2) is 0 Å². The van der Waals surface area contributed by atoms with Crippen LogP contribution in [0.4, 0.5) is 0 Å². The summed E-state index contributed by atoms with van der Waals surface area (Å²) in [7, 11) is 0. The van der Waals surface area contributed by atoms with Crippen LogP contribution in [0.3, 0.4) is 0 Å². The molecule has 1 amide bonds. The van der Waals surface area contributed by atoms with E-state index < -0.39 is 17.2 Å². The van der Waals surface area contributed by atoms with Gasteiger partial charge in [-0.2, -0.15) is 0 Å². The number of amides is 1. The highest BCUT2D eigenvalue weighted by Crippen LogP contribution is 2.19. The molecule has 1 rings (SSSR count). The summed E-state index contributed by atoms with van der Waals surface area (Å²) in [6, 6.07) is 0. The van der Waals surface area contributed by atoms with Gasteiger partial charge in [0.25, 0.3) is 5.91 Å². The largest absolute Gasteiger partial charge is 0.381 e. The summed E-state index contributed by atoms with van der Waals surface area (Å²) < 4.78 is 5.14. The third kappa shape index (κ3) is 2.26. The molecule has 1 aliphatic heterocycles. The zero-order valence-corrected chi connectivity index (χ0v) is 7.41. The van der Waals surface area contributed by atoms with Crippen LogP contribution in [0.5, 0.6) is 0 Å². The van der Waals surface area contributed by atoms with Crippen molar-refractivity contribution in [2.45, 2.75) is 24.8 Å². The third-order valence-corrected chi connectivity index (χ3v) is 2.28. The highest BCUT2D eigenvalue weighted by Gasteiger charge is 2.37. The van der Waals surface area contributed by atoms with E-state index in [2.05, 4.69) is 0 Å². The molecule has 13 heavy (non-hydrogen) atoms. The molecule has 0 saturated carbocycles. The summed E-state index contributed by atoms with van der Waals surface area (Å²) in [5.74, 6) is -1.64. The number of primary amides is 1. The molecule has 1 aliphatic rings. The van der Waals surface area contributed by atoms with Crippen LogP contribution in [-0.4, -0.2) is 30.4 Å². The quantitative estimate of drug-likeness (QED) is 0.537. The van der Waals surface area contributed by atoms with Gasteiger partial charge in [-0.25, -0.2) is 0 Å². The van der Waals surface area contributed by atoms with Gasteiger partial charge in [0.1, 0.15) is 0 Å². The van der Waals surface area contributed by atoms with E-state index in [0.29, 0.717) is 32.5 Å². The number of nitrogens with two attached hydrogens (primary N) is 2. The van der Waals surface area contributed by atoms with Gasteiger partial charge in [0, 0.05) is 13.2 Å². The molecule has 1 fully saturated rings. The number of hydrogen-bond acceptors (Lipinski definition) is 4. The summed E-state index contributed by atoms with van der Waals surface area (Å²) >= 11 is 0. The van der Waals surface area contributed by atoms with E-state index in [-0.39, 0.29) is 0 Å². The smallest absolute Gasteiger partial charge is 0.286 e. The molecule has 4 N–H and O–H groups in total. The minimum atomic E-state index is -1.09. The molecule has 0 spiro atoms. The molecule has 74 valence electrons. The summed E-state index contributed by atoms with van der Waals surface area (Å²) in [6.07, 6.45) is 1.53. The minimum Gasteiger partial charge on any atom is -0.381 e. The van der Waals surface area contributed by atoms with Crippen LogP contribution in [-0.2, 0) is 14.3 Å². The molecule has 0 aromatic rings. The number of hydrogen-bond donors (Lipinski definition) is 2. The molecular formula is C8H14N2O3. The Balaban J connectivity index is 2.71. The second-order valence-electron chi connectivity index (χ2n) is 3.32. The van der Waals surface area contributed by atoms with Gasteiger partial charge >= 0.3 is 0 Å². The second-order valence-corrected chi connectivity index (χ2v) is 3.32. The summed E-state index contributed by atoms with van der Waals surface area (Å²) in [5.41, 5.74) is 9.57. The summed E-state index contributed by atoms with van der Waals surface area (Å²) in [4.78, 5) is 22.0. The van der Waals surface area contributed by atoms with E-state index in [1.54, 1.807) is 0 Å². The number of carbonyl (C=O) groups is 2. The molecule has 0 aromatic carbocycles. The van der Waals surface area contributed by atoms with E-state index >= 15 is 0 Å². The molecular weight excluding hydrogens is 172 g/mol. The molecule has 0 radical (unpaired) electrons. The standard InChI is InChI=1S/C8H14N2O3/c9-7(12)6(11)8(10)2-1-4-13-5-3-8/h1-5,10H2,(H2,9,12). The first-order valence-electron chi connectivity index (χ1n) is 4.27. The van der Waals surface area contributed by atoms with Gasteiger partial charge in [-0.05, 0) is 19.3 Å². The van der Waals surface area contributed by atoms with Crippen LogP contribution < -0.4 is 11.5 Å². The molecule has 0 bridgehead atoms. The predicted octanol–water partition coefficient (Wildman–Crippen LogP) is -1.06. The van der Waals surface area contributed by atoms with E-state index in [1.165, 1.54) is 0 Å². The Morgan fingerprint density at radius 2 is 1.92 bits per heavy atom. The molecule has 1 saturated heterocycles. The topological polar surface area (TPSA) is 95.4 Å². The average molecular weight is 186 g/mol. The first-order valence-corrected chi connectivity index (χ1v) is 4.27. The number of rotatable bonds is 2. The van der Waals surface area contributed by atoms with E-state index in [1.807, 2.05) is 0 Å². The highest BCUT2D eigenvalue weighted by molar-refractivity contribution is 6.39. The minimum absolute atomic E-state index is 0.370. The van der Waals surface area contributed by atoms with Crippen LogP contribution in [0.25, 0.3) is 0 Å². The van der Waals surface area contributed by atoms with E-state index in [9.17, 15) is 9.59 Å². The number of ketones is 1. The van der Waals surface area contributed by atoms with Gasteiger partial charge in [0.15, 0.2) is 0 Å². The lowest BCUT2D eigenvalue weighted by atomic mass is 9.87. The molecule has 5 nitrogen and oxygen atoms in total. The predicted molar refractivity (Wildman–Crippen MR) is 45.8 cm³/mol. The van der Waals surface area contributed by atoms with Crippen molar-refractivity contribution >= 4 is 11.7 Å². The lowest BCUT2D eigenvalue weighted by molar-refractivity contribution is -0.139. The summed E-state index contributed by atoms with van der Waals surface area (Å²) in [6.45, 7) is 1.00. The second kappa shape index (κ2) is 3.85. The average Bonchev–Trinajstić information content (AvgIpc) is 2.29. The van der Waals surface area contributed by atoms with Crippen molar-refractivity contribution < 1.29 is 14.3 Å². The van der Waals surface area contributed by atoms with Gasteiger partial charge in [-0.1, -0.05) is 0 Å². The molecule has 5 heteroatoms. The SMILES string of the molecule is NC(=O)C(=O)C1(N)CCCOCC1. The Morgan fingerprint density at radius 1 is 1.23 bits per heavy atom. The maximum absolute atomic E-state index is 11.3. The monoisotopic (exact) mass is 186 g/mol. The van der Waals surface area contributed by atoms with Crippen molar-refractivity contribution in [3.8, 4) is 0 Å². The Kier molecular flexibility index (Phi) is 3.00. The first kappa shape index (κ1) is 10.1. The fraction of sp³-hybridized carbons (Fsp3) is 0.750. The number of carbonyl (C=O) groups excluding carboxylic acids is 2. The molecule has 1 atom stereocenters. The van der Waals surface area contributed by atoms with Crippen LogP contribution in [0.1, 0.15) is 19.3 Å². The van der Waals surface area contributed by atoms with Gasteiger partial charge in [0.2, 0.25) is 5.78 Å². The van der Waals surface area contributed by atoms with Gasteiger partial charge in [-0.15, -0.1) is 0 Å².